The fraction of sp³-hybridized carbons (Fsp3) is 0.357. The van der Waals surface area contributed by atoms with Crippen LogP contribution in [-0.2, 0) is 4.74 Å². The van der Waals surface area contributed by atoms with Crippen LogP contribution in [0.5, 0.6) is 0 Å². The van der Waals surface area contributed by atoms with Crippen molar-refractivity contribution in [1.82, 2.24) is 4.90 Å². The number of nitrogens with zero attached hydrogens (tertiary/aromatic N) is 1. The van der Waals surface area contributed by atoms with Crippen molar-refractivity contribution >= 4 is 16.9 Å². The van der Waals surface area contributed by atoms with Crippen molar-refractivity contribution in [2.75, 3.05) is 27.2 Å². The second-order valence-electron chi connectivity index (χ2n) is 4.90. The molecule has 1 saturated heterocycles. The summed E-state index contributed by atoms with van der Waals surface area (Å²) in [5.41, 5.74) is 1.23. The van der Waals surface area contributed by atoms with E-state index < -0.39 is 5.97 Å². The molecular weight excluding hydrogens is 249 g/mol. The molecule has 0 spiro atoms. The molecule has 1 aromatic heterocycles. The minimum absolute atomic E-state index is 0.196. The summed E-state index contributed by atoms with van der Waals surface area (Å²) in [5.74, 6) is -0.469. The van der Waals surface area contributed by atoms with E-state index in [-0.39, 0.29) is 17.5 Å². The van der Waals surface area contributed by atoms with Crippen molar-refractivity contribution in [2.24, 2.45) is 0 Å². The number of carbonyl (C=O) groups excluding carboxylic acids is 1. The lowest BCUT2D eigenvalue weighted by Crippen LogP contribution is -2.42. The number of hydrogen-bond donors (Lipinski definition) is 0. The minimum atomic E-state index is -0.513. The number of likely N-dealkylation sites (tertiary alicyclic amines) is 1. The van der Waals surface area contributed by atoms with E-state index in [9.17, 15) is 9.18 Å². The van der Waals surface area contributed by atoms with Crippen LogP contribution in [-0.4, -0.2) is 38.1 Å². The molecule has 5 heteroatoms. The number of carbonyl (C=O) groups is 1. The van der Waals surface area contributed by atoms with Crippen LogP contribution in [0.1, 0.15) is 22.0 Å². The van der Waals surface area contributed by atoms with Crippen LogP contribution in [0.2, 0.25) is 0 Å². The number of methoxy groups -OCH3 is 1. The van der Waals surface area contributed by atoms with Crippen LogP contribution in [0.4, 0.5) is 4.39 Å². The van der Waals surface area contributed by atoms with Crippen molar-refractivity contribution in [2.45, 2.75) is 5.92 Å². The van der Waals surface area contributed by atoms with Gasteiger partial charge in [-0.1, -0.05) is 0 Å². The van der Waals surface area contributed by atoms with Gasteiger partial charge in [-0.15, -0.1) is 0 Å². The Morgan fingerprint density at radius 3 is 2.84 bits per heavy atom. The second-order valence-corrected chi connectivity index (χ2v) is 4.90. The third-order valence-corrected chi connectivity index (χ3v) is 3.53. The standard InChI is InChI=1S/C14H14FNO3/c1-16-6-8(7-16)12-10-4-3-9(15)5-11(10)19-13(12)14(17)18-2/h3-5,8H,6-7H2,1-2H3. The van der Waals surface area contributed by atoms with Gasteiger partial charge in [0.25, 0.3) is 0 Å². The molecule has 2 heterocycles. The fourth-order valence-electron chi connectivity index (χ4n) is 2.62. The highest BCUT2D eigenvalue weighted by Crippen LogP contribution is 2.37. The average molecular weight is 263 g/mol. The first-order valence-corrected chi connectivity index (χ1v) is 6.09. The number of benzene rings is 1. The molecule has 0 saturated carbocycles. The number of likely N-dealkylation sites (N-methyl/N-ethyl adjacent to an activating group) is 1. The van der Waals surface area contributed by atoms with Crippen molar-refractivity contribution in [1.29, 1.82) is 0 Å². The van der Waals surface area contributed by atoms with Crippen molar-refractivity contribution < 1.29 is 18.3 Å². The summed E-state index contributed by atoms with van der Waals surface area (Å²) in [6.45, 7) is 1.71. The number of esters is 1. The lowest BCUT2D eigenvalue weighted by atomic mass is 9.89. The second kappa shape index (κ2) is 4.35. The van der Waals surface area contributed by atoms with E-state index in [0.29, 0.717) is 5.58 Å². The highest BCUT2D eigenvalue weighted by atomic mass is 19.1. The normalized spacial score (nSPS) is 16.6. The van der Waals surface area contributed by atoms with Crippen molar-refractivity contribution in [3.63, 3.8) is 0 Å². The van der Waals surface area contributed by atoms with Gasteiger partial charge < -0.3 is 14.1 Å². The molecular formula is C14H14FNO3. The summed E-state index contributed by atoms with van der Waals surface area (Å²) in [4.78, 5) is 13.9. The Labute approximate surface area is 109 Å². The molecule has 1 aliphatic heterocycles. The molecule has 0 radical (unpaired) electrons. The lowest BCUT2D eigenvalue weighted by Gasteiger charge is -2.36. The zero-order chi connectivity index (χ0) is 13.6. The van der Waals surface area contributed by atoms with Crippen LogP contribution < -0.4 is 0 Å². The third kappa shape index (κ3) is 1.90. The molecule has 0 amide bonds. The van der Waals surface area contributed by atoms with Gasteiger partial charge in [0.1, 0.15) is 11.4 Å². The molecule has 100 valence electrons. The van der Waals surface area contributed by atoms with Crippen molar-refractivity contribution in [3.8, 4) is 0 Å². The average Bonchev–Trinajstić information content (AvgIpc) is 2.72. The molecule has 0 bridgehead atoms. The number of rotatable bonds is 2. The van der Waals surface area contributed by atoms with Gasteiger partial charge in [0.2, 0.25) is 5.76 Å². The lowest BCUT2D eigenvalue weighted by molar-refractivity contribution is 0.0562. The maximum Gasteiger partial charge on any atom is 0.374 e. The third-order valence-electron chi connectivity index (χ3n) is 3.53. The summed E-state index contributed by atoms with van der Waals surface area (Å²) in [5, 5.41) is 0.792. The van der Waals surface area contributed by atoms with Crippen LogP contribution in [0, 0.1) is 5.82 Å². The highest BCUT2D eigenvalue weighted by molar-refractivity contribution is 5.96. The van der Waals surface area contributed by atoms with E-state index in [1.54, 1.807) is 6.07 Å². The Kier molecular flexibility index (Phi) is 2.78. The van der Waals surface area contributed by atoms with E-state index in [1.165, 1.54) is 19.2 Å². The van der Waals surface area contributed by atoms with Gasteiger partial charge in [-0.3, -0.25) is 0 Å². The molecule has 2 aromatic rings. The predicted molar refractivity (Wildman–Crippen MR) is 67.7 cm³/mol. The molecule has 0 unspecified atom stereocenters. The Morgan fingerprint density at radius 2 is 2.21 bits per heavy atom. The van der Waals surface area contributed by atoms with E-state index in [1.807, 2.05) is 7.05 Å². The zero-order valence-corrected chi connectivity index (χ0v) is 10.8. The van der Waals surface area contributed by atoms with Gasteiger partial charge >= 0.3 is 5.97 Å². The predicted octanol–water partition coefficient (Wildman–Crippen LogP) is 2.39. The number of halogens is 1. The Balaban J connectivity index is 2.17. The maximum atomic E-state index is 13.2. The van der Waals surface area contributed by atoms with Gasteiger partial charge in [0, 0.05) is 36.0 Å². The van der Waals surface area contributed by atoms with Gasteiger partial charge in [-0.25, -0.2) is 9.18 Å². The van der Waals surface area contributed by atoms with Gasteiger partial charge in [0.05, 0.1) is 7.11 Å². The van der Waals surface area contributed by atoms with Gasteiger partial charge in [-0.2, -0.15) is 0 Å². The first-order valence-electron chi connectivity index (χ1n) is 6.09. The molecule has 1 aliphatic rings. The molecule has 3 rings (SSSR count). The van der Waals surface area contributed by atoms with E-state index in [2.05, 4.69) is 4.90 Å². The topological polar surface area (TPSA) is 42.7 Å². The van der Waals surface area contributed by atoms with E-state index >= 15 is 0 Å². The number of ether oxygens (including phenoxy) is 1. The molecule has 19 heavy (non-hydrogen) atoms. The smallest absolute Gasteiger partial charge is 0.374 e. The Morgan fingerprint density at radius 1 is 1.47 bits per heavy atom. The molecule has 0 atom stereocenters. The maximum absolute atomic E-state index is 13.2. The number of hydrogen-bond acceptors (Lipinski definition) is 4. The summed E-state index contributed by atoms with van der Waals surface area (Å²) < 4.78 is 23.5. The summed E-state index contributed by atoms with van der Waals surface area (Å²) in [6, 6.07) is 4.34. The Hall–Kier alpha value is -1.88. The highest BCUT2D eigenvalue weighted by Gasteiger charge is 2.33. The monoisotopic (exact) mass is 263 g/mol. The van der Waals surface area contributed by atoms with Gasteiger partial charge in [-0.05, 0) is 19.2 Å². The number of furan rings is 1. The minimum Gasteiger partial charge on any atom is -0.463 e. The van der Waals surface area contributed by atoms with Crippen LogP contribution in [0.25, 0.3) is 11.0 Å². The summed E-state index contributed by atoms with van der Waals surface area (Å²) >= 11 is 0. The Bertz CT molecular complexity index is 643. The molecule has 4 nitrogen and oxygen atoms in total. The number of fused-ring (bicyclic) bond motifs is 1. The summed E-state index contributed by atoms with van der Waals surface area (Å²) in [7, 11) is 3.32. The quantitative estimate of drug-likeness (QED) is 0.780. The summed E-state index contributed by atoms with van der Waals surface area (Å²) in [6.07, 6.45) is 0. The SMILES string of the molecule is COC(=O)c1oc2cc(F)ccc2c1C1CN(C)C1. The largest absolute Gasteiger partial charge is 0.463 e. The van der Waals surface area contributed by atoms with E-state index in [0.717, 1.165) is 24.0 Å². The first-order chi connectivity index (χ1) is 9.10. The van der Waals surface area contributed by atoms with E-state index in [4.69, 9.17) is 9.15 Å². The molecule has 0 N–H and O–H groups in total. The molecule has 1 fully saturated rings. The van der Waals surface area contributed by atoms with Crippen LogP contribution in [0.3, 0.4) is 0 Å². The van der Waals surface area contributed by atoms with Crippen LogP contribution in [0.15, 0.2) is 22.6 Å². The van der Waals surface area contributed by atoms with Crippen molar-refractivity contribution in [3.05, 3.63) is 35.3 Å². The first kappa shape index (κ1) is 12.2. The molecule has 0 aliphatic carbocycles. The van der Waals surface area contributed by atoms with Gasteiger partial charge in [0.15, 0.2) is 0 Å². The zero-order valence-electron chi connectivity index (χ0n) is 10.8. The molecule has 1 aromatic carbocycles. The van der Waals surface area contributed by atoms with Crippen LogP contribution >= 0.6 is 0 Å². The fourth-order valence-corrected chi connectivity index (χ4v) is 2.62.